The number of carbonyl (C=O) groups is 8. The van der Waals surface area contributed by atoms with E-state index in [1.54, 1.807) is 6.20 Å². The van der Waals surface area contributed by atoms with Gasteiger partial charge in [0, 0.05) is 54.5 Å². The smallest absolute Gasteiger partial charge is 0.303 e. The lowest BCUT2D eigenvalue weighted by Gasteiger charge is -2.32. The lowest BCUT2D eigenvalue weighted by Crippen LogP contribution is -2.59. The number of carboxylic acids is 1. The minimum absolute atomic E-state index is 0.0134. The fourth-order valence-electron chi connectivity index (χ4n) is 5.91. The molecule has 5 atom stereocenters. The van der Waals surface area contributed by atoms with Crippen LogP contribution in [-0.4, -0.2) is 130 Å². The Bertz CT molecular complexity index is 1820. The highest BCUT2D eigenvalue weighted by molar-refractivity contribution is 8.76. The van der Waals surface area contributed by atoms with Crippen LogP contribution in [0, 0.1) is 0 Å². The number of guanidine groups is 1. The number of carbonyl (C=O) groups excluding carboxylic acids is 7. The predicted octanol–water partition coefficient (Wildman–Crippen LogP) is -1.42. The Morgan fingerprint density at radius 3 is 2.29 bits per heavy atom. The summed E-state index contributed by atoms with van der Waals surface area (Å²) in [5, 5.41) is 22.9. The highest BCUT2D eigenvalue weighted by Crippen LogP contribution is 2.23. The molecule has 58 heavy (non-hydrogen) atoms. The van der Waals surface area contributed by atoms with Gasteiger partial charge in [0.15, 0.2) is 5.96 Å². The van der Waals surface area contributed by atoms with Gasteiger partial charge in [-0.25, -0.2) is 0 Å². The number of hydrogen-bond acceptors (Lipinski definition) is 11. The highest BCUT2D eigenvalue weighted by Gasteiger charge is 2.33. The van der Waals surface area contributed by atoms with Crippen LogP contribution >= 0.6 is 21.6 Å². The Morgan fingerprint density at radius 2 is 1.59 bits per heavy atom. The van der Waals surface area contributed by atoms with Crippen LogP contribution in [0.4, 0.5) is 0 Å². The molecule has 318 valence electrons. The third-order valence-corrected chi connectivity index (χ3v) is 11.5. The molecule has 1 aromatic heterocycles. The molecule has 0 bridgehead atoms. The van der Waals surface area contributed by atoms with Gasteiger partial charge in [-0.05, 0) is 57.6 Å². The molecule has 1 aliphatic heterocycles. The number of aromatic nitrogens is 1. The van der Waals surface area contributed by atoms with Crippen LogP contribution < -0.4 is 43.8 Å². The number of nitrogens with two attached hydrogens (primary N) is 3. The number of aliphatic carboxylic acids is 1. The third-order valence-electron chi connectivity index (χ3n) is 9.12. The van der Waals surface area contributed by atoms with Crippen molar-refractivity contribution in [3.05, 3.63) is 36.0 Å². The normalized spacial score (nSPS) is 22.5. The first kappa shape index (κ1) is 46.9. The molecule has 7 amide bonds. The van der Waals surface area contributed by atoms with E-state index in [2.05, 4.69) is 36.6 Å². The van der Waals surface area contributed by atoms with Crippen LogP contribution in [-0.2, 0) is 44.8 Å². The summed E-state index contributed by atoms with van der Waals surface area (Å²) < 4.78 is 0. The fraction of sp³-hybridized carbons (Fsp3) is 0.528. The molecule has 1 fully saturated rings. The molecule has 0 spiro atoms. The van der Waals surface area contributed by atoms with Crippen molar-refractivity contribution < 1.29 is 43.5 Å². The van der Waals surface area contributed by atoms with Gasteiger partial charge in [-0.15, -0.1) is 0 Å². The van der Waals surface area contributed by atoms with Gasteiger partial charge in [0.1, 0.15) is 30.2 Å². The number of benzene rings is 1. The van der Waals surface area contributed by atoms with Gasteiger partial charge in [0.05, 0.1) is 6.54 Å². The highest BCUT2D eigenvalue weighted by atomic mass is 33.1. The van der Waals surface area contributed by atoms with E-state index >= 15 is 0 Å². The van der Waals surface area contributed by atoms with Crippen LogP contribution in [0.15, 0.2) is 35.5 Å². The summed E-state index contributed by atoms with van der Waals surface area (Å²) in [5.74, 6) is -6.09. The van der Waals surface area contributed by atoms with E-state index in [1.807, 2.05) is 24.3 Å². The van der Waals surface area contributed by atoms with Crippen LogP contribution in [0.5, 0.6) is 0 Å². The zero-order valence-electron chi connectivity index (χ0n) is 32.4. The Morgan fingerprint density at radius 1 is 0.879 bits per heavy atom. The minimum atomic E-state index is -1.44. The number of aliphatic imine (C=N–C) groups is 1. The average Bonchev–Trinajstić information content (AvgIpc) is 3.59. The number of para-hydroxylation sites is 1. The van der Waals surface area contributed by atoms with Gasteiger partial charge in [0.2, 0.25) is 41.4 Å². The van der Waals surface area contributed by atoms with Gasteiger partial charge in [-0.2, -0.15) is 0 Å². The minimum Gasteiger partial charge on any atom is -0.481 e. The van der Waals surface area contributed by atoms with Gasteiger partial charge < -0.3 is 58.8 Å². The molecular weight excluding hydrogens is 795 g/mol. The summed E-state index contributed by atoms with van der Waals surface area (Å²) in [6, 6.07) is 1.48. The molecule has 0 radical (unpaired) electrons. The van der Waals surface area contributed by atoms with E-state index in [0.717, 1.165) is 16.5 Å². The molecular formula is C36H53N11O9S2. The van der Waals surface area contributed by atoms with Crippen molar-refractivity contribution in [3.8, 4) is 0 Å². The Kier molecular flexibility index (Phi) is 19.1. The van der Waals surface area contributed by atoms with E-state index in [9.17, 15) is 43.5 Å². The topological polar surface area (TPSA) is 326 Å². The molecule has 2 aromatic rings. The lowest BCUT2D eigenvalue weighted by atomic mass is 10.1. The standard InChI is InChI=1S/C36H53N11O9S2/c1-20-35(56)47(15-12-22-17-41-24-8-4-3-7-23(22)24)21(2)32(53)46-27(31(37)52)19-58-57-16-13-28(48)44-25(9-5-6-14-40-36(38)39)33(54)42-18-29(49)45-26(34(55)43-20)10-11-30(50)51/h3-4,7-8,17,20-21,25-27,41H,5-6,9-16,18-19H2,1-2H3,(H2,37,52)(H,42,54)(H,43,55)(H,44,48)(H,45,49)(H,46,53)(H,50,51)(H4,38,39,40)/t20-,21-,25-,26-,27-/m0/s1. The predicted molar refractivity (Wildman–Crippen MR) is 220 cm³/mol. The molecule has 0 saturated carbocycles. The number of H-pyrrole nitrogens is 1. The third kappa shape index (κ3) is 15.4. The number of aromatic amines is 1. The second-order valence-corrected chi connectivity index (χ2v) is 16.2. The zero-order valence-corrected chi connectivity index (χ0v) is 34.0. The van der Waals surface area contributed by atoms with Crippen LogP contribution in [0.25, 0.3) is 10.9 Å². The van der Waals surface area contributed by atoms with Gasteiger partial charge >= 0.3 is 5.97 Å². The number of hydrogen-bond donors (Lipinski definition) is 10. The molecule has 1 aromatic carbocycles. The van der Waals surface area contributed by atoms with Crippen molar-refractivity contribution >= 4 is 85.8 Å². The first-order valence-corrected chi connectivity index (χ1v) is 21.2. The van der Waals surface area contributed by atoms with Gasteiger partial charge in [-0.1, -0.05) is 39.8 Å². The molecule has 1 saturated heterocycles. The molecule has 1 aliphatic rings. The molecule has 3 rings (SSSR count). The number of carboxylic acid groups (broad SMARTS) is 1. The number of primary amides is 1. The number of unbranched alkanes of at least 4 members (excludes halogenated alkanes) is 1. The van der Waals surface area contributed by atoms with E-state index in [0.29, 0.717) is 25.8 Å². The van der Waals surface area contributed by atoms with E-state index in [-0.39, 0.29) is 43.3 Å². The van der Waals surface area contributed by atoms with E-state index in [4.69, 9.17) is 17.2 Å². The first-order chi connectivity index (χ1) is 27.6. The van der Waals surface area contributed by atoms with E-state index < -0.39 is 90.5 Å². The number of nitrogens with zero attached hydrogens (tertiary/aromatic N) is 2. The summed E-state index contributed by atoms with van der Waals surface area (Å²) in [7, 11) is 2.43. The quantitative estimate of drug-likeness (QED) is 0.0508. The maximum absolute atomic E-state index is 14.1. The van der Waals surface area contributed by atoms with Gasteiger partial charge in [0.25, 0.3) is 0 Å². The van der Waals surface area contributed by atoms with Crippen molar-refractivity contribution in [2.45, 2.75) is 89.0 Å². The molecule has 0 aliphatic carbocycles. The second kappa shape index (κ2) is 23.7. The summed E-state index contributed by atoms with van der Waals surface area (Å²) in [6.45, 7) is 2.54. The Balaban J connectivity index is 1.88. The van der Waals surface area contributed by atoms with E-state index in [1.165, 1.54) is 40.3 Å². The van der Waals surface area contributed by atoms with Crippen molar-refractivity contribution in [2.75, 3.05) is 31.1 Å². The molecule has 2 heterocycles. The SMILES string of the molecule is C[C@@H]1NC(=O)[C@H](CCC(=O)O)NC(=O)CNC(=O)[C@H](CCCCN=C(N)N)NC(=O)CCSSC[C@@H](C(N)=O)NC(=O)[C@H](C)N(CCc2c[nH]c3ccccc23)C1=O. The average molecular weight is 848 g/mol. The Labute approximate surface area is 343 Å². The van der Waals surface area contributed by atoms with Crippen LogP contribution in [0.1, 0.15) is 57.9 Å². The zero-order chi connectivity index (χ0) is 42.8. The molecule has 20 nitrogen and oxygen atoms in total. The second-order valence-electron chi connectivity index (χ2n) is 13.6. The monoisotopic (exact) mass is 847 g/mol. The summed E-state index contributed by atoms with van der Waals surface area (Å²) in [6.07, 6.45) is 2.29. The number of fused-ring (bicyclic) bond motifs is 1. The number of nitrogens with one attached hydrogen (secondary N) is 6. The number of amides is 7. The van der Waals surface area contributed by atoms with Gasteiger partial charge in [-0.3, -0.25) is 43.3 Å². The summed E-state index contributed by atoms with van der Waals surface area (Å²) >= 11 is 0. The van der Waals surface area contributed by atoms with Crippen LogP contribution in [0.3, 0.4) is 0 Å². The molecule has 13 N–H and O–H groups in total. The Hall–Kier alpha value is -5.51. The summed E-state index contributed by atoms with van der Waals surface area (Å²) in [4.78, 5) is 113. The fourth-order valence-corrected chi connectivity index (χ4v) is 8.08. The number of rotatable bonds is 12. The van der Waals surface area contributed by atoms with Crippen LogP contribution in [0.2, 0.25) is 0 Å². The largest absolute Gasteiger partial charge is 0.481 e. The van der Waals surface area contributed by atoms with Crippen molar-refractivity contribution in [1.82, 2.24) is 36.5 Å². The van der Waals surface area contributed by atoms with Crippen molar-refractivity contribution in [3.63, 3.8) is 0 Å². The lowest BCUT2D eigenvalue weighted by molar-refractivity contribution is -0.143. The molecule has 22 heteroatoms. The van der Waals surface area contributed by atoms with Crippen molar-refractivity contribution in [1.29, 1.82) is 0 Å². The molecule has 0 unspecified atom stereocenters. The first-order valence-electron chi connectivity index (χ1n) is 18.7. The summed E-state index contributed by atoms with van der Waals surface area (Å²) in [5.41, 5.74) is 18.1. The maximum atomic E-state index is 14.1. The maximum Gasteiger partial charge on any atom is 0.303 e. The van der Waals surface area contributed by atoms with Crippen molar-refractivity contribution in [2.24, 2.45) is 22.2 Å².